The van der Waals surface area contributed by atoms with Crippen molar-refractivity contribution in [2.24, 2.45) is 0 Å². The van der Waals surface area contributed by atoms with Crippen molar-refractivity contribution < 1.29 is 0 Å². The van der Waals surface area contributed by atoms with E-state index in [0.717, 1.165) is 0 Å². The summed E-state index contributed by atoms with van der Waals surface area (Å²) in [5, 5.41) is 12.9. The Kier molecular flexibility index (Phi) is 3.65. The van der Waals surface area contributed by atoms with Gasteiger partial charge >= 0.3 is 0 Å². The highest BCUT2D eigenvalue weighted by Gasteiger charge is 2.09. The molecular formula is C32H20. The molecule has 0 fully saturated rings. The Bertz CT molecular complexity index is 1820. The van der Waals surface area contributed by atoms with Gasteiger partial charge in [0.1, 0.15) is 0 Å². The molecule has 0 bridgehead atoms. The molecule has 0 N–H and O–H groups in total. The first kappa shape index (κ1) is 17.5. The Morgan fingerprint density at radius 2 is 0.688 bits per heavy atom. The van der Waals surface area contributed by atoms with Crippen molar-refractivity contribution in [1.29, 1.82) is 0 Å². The van der Waals surface area contributed by atoms with Gasteiger partial charge in [0.25, 0.3) is 0 Å². The molecule has 0 aromatic heterocycles. The van der Waals surface area contributed by atoms with Gasteiger partial charge in [0, 0.05) is 0 Å². The molecule has 0 heterocycles. The lowest BCUT2D eigenvalue weighted by molar-refractivity contribution is 1.70. The summed E-state index contributed by atoms with van der Waals surface area (Å²) in [5.74, 6) is 0. The predicted molar refractivity (Wildman–Crippen MR) is 139 cm³/mol. The first-order chi connectivity index (χ1) is 15.8. The Morgan fingerprint density at radius 3 is 1.38 bits per heavy atom. The minimum Gasteiger partial charge on any atom is -0.0616 e. The van der Waals surface area contributed by atoms with Gasteiger partial charge in [-0.3, -0.25) is 0 Å². The molecule has 7 rings (SSSR count). The maximum Gasteiger partial charge on any atom is -0.00988 e. The molecule has 0 aliphatic rings. The molecule has 0 unspecified atom stereocenters. The average molecular weight is 405 g/mol. The summed E-state index contributed by atoms with van der Waals surface area (Å²) in [6.07, 6.45) is 0. The molecule has 0 atom stereocenters. The molecule has 32 heavy (non-hydrogen) atoms. The van der Waals surface area contributed by atoms with E-state index in [4.69, 9.17) is 0 Å². The Balaban J connectivity index is 1.54. The quantitative estimate of drug-likeness (QED) is 0.239. The van der Waals surface area contributed by atoms with Crippen LogP contribution < -0.4 is 0 Å². The molecule has 0 nitrogen and oxygen atoms in total. The summed E-state index contributed by atoms with van der Waals surface area (Å²) in [6, 6.07) is 44.5. The molecular weight excluding hydrogens is 384 g/mol. The van der Waals surface area contributed by atoms with E-state index in [9.17, 15) is 0 Å². The number of fused-ring (bicyclic) bond motifs is 5. The Hall–Kier alpha value is -4.16. The van der Waals surface area contributed by atoms with Crippen LogP contribution in [-0.2, 0) is 0 Å². The second kappa shape index (κ2) is 6.67. The number of hydrogen-bond acceptors (Lipinski definition) is 0. The van der Waals surface area contributed by atoms with Gasteiger partial charge in [-0.15, -0.1) is 0 Å². The second-order valence-corrected chi connectivity index (χ2v) is 8.65. The molecule has 0 saturated carbocycles. The van der Waals surface area contributed by atoms with E-state index in [1.165, 1.54) is 65.0 Å². The van der Waals surface area contributed by atoms with E-state index in [1.54, 1.807) is 0 Å². The van der Waals surface area contributed by atoms with Gasteiger partial charge in [-0.05, 0) is 101 Å². The van der Waals surface area contributed by atoms with Crippen molar-refractivity contribution in [3.63, 3.8) is 0 Å². The van der Waals surface area contributed by atoms with Crippen LogP contribution in [0.5, 0.6) is 0 Å². The highest BCUT2D eigenvalue weighted by atomic mass is 14.1. The third-order valence-electron chi connectivity index (χ3n) is 6.74. The zero-order chi connectivity index (χ0) is 21.1. The van der Waals surface area contributed by atoms with Crippen LogP contribution >= 0.6 is 0 Å². The monoisotopic (exact) mass is 404 g/mol. The molecule has 0 spiro atoms. The molecule has 0 amide bonds. The van der Waals surface area contributed by atoms with E-state index in [-0.39, 0.29) is 0 Å². The zero-order valence-corrected chi connectivity index (χ0v) is 17.5. The lowest BCUT2D eigenvalue weighted by Crippen LogP contribution is -1.85. The normalized spacial score (nSPS) is 11.8. The maximum absolute atomic E-state index is 2.37. The molecule has 0 saturated heterocycles. The van der Waals surface area contributed by atoms with Gasteiger partial charge in [0.2, 0.25) is 0 Å². The summed E-state index contributed by atoms with van der Waals surface area (Å²) in [5.41, 5.74) is 2.58. The van der Waals surface area contributed by atoms with Crippen molar-refractivity contribution in [3.05, 3.63) is 121 Å². The van der Waals surface area contributed by atoms with Crippen LogP contribution in [0, 0.1) is 0 Å². The summed E-state index contributed by atoms with van der Waals surface area (Å²) < 4.78 is 0. The van der Waals surface area contributed by atoms with Crippen LogP contribution in [0.15, 0.2) is 121 Å². The minimum atomic E-state index is 1.28. The van der Waals surface area contributed by atoms with Gasteiger partial charge in [-0.1, -0.05) is 84.9 Å². The molecule has 7 aromatic carbocycles. The van der Waals surface area contributed by atoms with Crippen molar-refractivity contribution in [1.82, 2.24) is 0 Å². The van der Waals surface area contributed by atoms with Crippen molar-refractivity contribution in [3.8, 4) is 11.1 Å². The number of rotatable bonds is 1. The lowest BCUT2D eigenvalue weighted by atomic mass is 9.91. The van der Waals surface area contributed by atoms with Crippen LogP contribution in [0.4, 0.5) is 0 Å². The van der Waals surface area contributed by atoms with Crippen LogP contribution in [0.25, 0.3) is 65.0 Å². The van der Waals surface area contributed by atoms with Crippen LogP contribution in [-0.4, -0.2) is 0 Å². The van der Waals surface area contributed by atoms with E-state index < -0.39 is 0 Å². The van der Waals surface area contributed by atoms with Crippen molar-refractivity contribution in [2.45, 2.75) is 0 Å². The van der Waals surface area contributed by atoms with Crippen LogP contribution in [0.1, 0.15) is 0 Å². The maximum atomic E-state index is 2.37. The van der Waals surface area contributed by atoms with Crippen LogP contribution in [0.3, 0.4) is 0 Å². The molecule has 0 aliphatic carbocycles. The Labute approximate surface area is 186 Å². The lowest BCUT2D eigenvalue weighted by Gasteiger charge is -2.12. The average Bonchev–Trinajstić information content (AvgIpc) is 2.84. The van der Waals surface area contributed by atoms with E-state index in [1.807, 2.05) is 0 Å². The topological polar surface area (TPSA) is 0 Å². The fourth-order valence-electron chi connectivity index (χ4n) is 5.17. The summed E-state index contributed by atoms with van der Waals surface area (Å²) in [7, 11) is 0. The third-order valence-corrected chi connectivity index (χ3v) is 6.74. The SMILES string of the molecule is c1ccc2cc3cc4cc5c(-c6cccc7ccccc67)cccc5cc4cc3cc2c1. The molecule has 7 aromatic rings. The number of benzene rings is 7. The Morgan fingerprint density at radius 1 is 0.250 bits per heavy atom. The van der Waals surface area contributed by atoms with Gasteiger partial charge < -0.3 is 0 Å². The van der Waals surface area contributed by atoms with Crippen molar-refractivity contribution in [2.75, 3.05) is 0 Å². The summed E-state index contributed by atoms with van der Waals surface area (Å²) in [4.78, 5) is 0. The highest BCUT2D eigenvalue weighted by molar-refractivity contribution is 6.12. The van der Waals surface area contributed by atoms with Gasteiger partial charge in [0.05, 0.1) is 0 Å². The molecule has 148 valence electrons. The van der Waals surface area contributed by atoms with Crippen LogP contribution in [0.2, 0.25) is 0 Å². The fourth-order valence-corrected chi connectivity index (χ4v) is 5.17. The molecule has 0 aliphatic heterocycles. The highest BCUT2D eigenvalue weighted by Crippen LogP contribution is 2.37. The minimum absolute atomic E-state index is 1.28. The van der Waals surface area contributed by atoms with E-state index >= 15 is 0 Å². The predicted octanol–water partition coefficient (Wildman–Crippen LogP) is 9.12. The second-order valence-electron chi connectivity index (χ2n) is 8.65. The number of hydrogen-bond donors (Lipinski definition) is 0. The summed E-state index contributed by atoms with van der Waals surface area (Å²) >= 11 is 0. The van der Waals surface area contributed by atoms with Crippen molar-refractivity contribution >= 4 is 53.9 Å². The first-order valence-electron chi connectivity index (χ1n) is 11.1. The third kappa shape index (κ3) is 2.63. The van der Waals surface area contributed by atoms with Gasteiger partial charge in [-0.25, -0.2) is 0 Å². The van der Waals surface area contributed by atoms with Gasteiger partial charge in [0.15, 0.2) is 0 Å². The largest absolute Gasteiger partial charge is 0.0616 e. The summed E-state index contributed by atoms with van der Waals surface area (Å²) in [6.45, 7) is 0. The van der Waals surface area contributed by atoms with E-state index in [2.05, 4.69) is 121 Å². The zero-order valence-electron chi connectivity index (χ0n) is 17.5. The standard InChI is InChI=1S/C32H20/c1-2-9-23-16-26-19-28-20-32-24(17-27(28)18-25(26)15-22(23)8-1)11-6-14-31(32)30-13-5-10-21-7-3-4-12-29(21)30/h1-20H. The fraction of sp³-hybridized carbons (Fsp3) is 0. The molecule has 0 heteroatoms. The molecule has 0 radical (unpaired) electrons. The van der Waals surface area contributed by atoms with Gasteiger partial charge in [-0.2, -0.15) is 0 Å². The smallest absolute Gasteiger partial charge is 0.00988 e. The first-order valence-corrected chi connectivity index (χ1v) is 11.1. The van der Waals surface area contributed by atoms with E-state index in [0.29, 0.717) is 0 Å².